The minimum atomic E-state index is -3.82. The van der Waals surface area contributed by atoms with Crippen LogP contribution in [0.2, 0.25) is 0 Å². The molecule has 0 fully saturated rings. The van der Waals surface area contributed by atoms with Crippen molar-refractivity contribution < 1.29 is 17.9 Å². The maximum atomic E-state index is 12.7. The molecule has 0 spiro atoms. The van der Waals surface area contributed by atoms with Gasteiger partial charge in [-0.3, -0.25) is 4.72 Å². The Bertz CT molecular complexity index is 833. The molecule has 0 atom stereocenters. The van der Waals surface area contributed by atoms with Crippen molar-refractivity contribution in [3.63, 3.8) is 0 Å². The maximum absolute atomic E-state index is 12.7. The molecular formula is C19H27N3O4S. The van der Waals surface area contributed by atoms with Crippen molar-refractivity contribution in [2.24, 2.45) is 0 Å². The number of hydrogen-bond acceptors (Lipinski definition) is 6. The summed E-state index contributed by atoms with van der Waals surface area (Å²) in [5.74, 6) is 1.57. The van der Waals surface area contributed by atoms with Gasteiger partial charge in [-0.05, 0) is 37.1 Å². The SMILES string of the molecule is CCCN(CCC)c1ccc(NS(=O)(=O)c2ccc(OC)cc2OC)cn1. The summed E-state index contributed by atoms with van der Waals surface area (Å²) in [6, 6.07) is 8.10. The first-order chi connectivity index (χ1) is 12.9. The predicted molar refractivity (Wildman–Crippen MR) is 107 cm³/mol. The number of hydrogen-bond donors (Lipinski definition) is 1. The Kier molecular flexibility index (Phi) is 7.29. The summed E-state index contributed by atoms with van der Waals surface area (Å²) in [4.78, 5) is 6.63. The molecule has 8 heteroatoms. The van der Waals surface area contributed by atoms with Gasteiger partial charge >= 0.3 is 0 Å². The molecule has 1 aromatic carbocycles. The van der Waals surface area contributed by atoms with Crippen LogP contribution in [0.1, 0.15) is 26.7 Å². The summed E-state index contributed by atoms with van der Waals surface area (Å²) >= 11 is 0. The highest BCUT2D eigenvalue weighted by Gasteiger charge is 2.20. The van der Waals surface area contributed by atoms with Gasteiger partial charge in [0, 0.05) is 19.2 Å². The zero-order valence-corrected chi connectivity index (χ0v) is 17.0. The molecule has 2 rings (SSSR count). The molecule has 0 unspecified atom stereocenters. The molecule has 2 aromatic rings. The number of ether oxygens (including phenoxy) is 2. The van der Waals surface area contributed by atoms with E-state index >= 15 is 0 Å². The normalized spacial score (nSPS) is 11.1. The fourth-order valence-corrected chi connectivity index (χ4v) is 3.92. The quantitative estimate of drug-likeness (QED) is 0.665. The second-order valence-electron chi connectivity index (χ2n) is 6.01. The number of nitrogens with one attached hydrogen (secondary N) is 1. The van der Waals surface area contributed by atoms with E-state index in [2.05, 4.69) is 28.5 Å². The molecule has 1 N–H and O–H groups in total. The van der Waals surface area contributed by atoms with Crippen LogP contribution in [-0.2, 0) is 10.0 Å². The fraction of sp³-hybridized carbons (Fsp3) is 0.421. The number of rotatable bonds is 10. The summed E-state index contributed by atoms with van der Waals surface area (Å²) in [5, 5.41) is 0. The van der Waals surface area contributed by atoms with E-state index in [0.717, 1.165) is 31.7 Å². The number of anilines is 2. The lowest BCUT2D eigenvalue weighted by Gasteiger charge is -2.22. The first kappa shape index (κ1) is 20.8. The molecule has 1 heterocycles. The predicted octanol–water partition coefficient (Wildman–Crippen LogP) is 3.53. The Morgan fingerprint density at radius 3 is 2.26 bits per heavy atom. The van der Waals surface area contributed by atoms with E-state index in [1.807, 2.05) is 6.07 Å². The Balaban J connectivity index is 2.23. The molecule has 148 valence electrons. The highest BCUT2D eigenvalue weighted by atomic mass is 32.2. The van der Waals surface area contributed by atoms with E-state index in [4.69, 9.17) is 9.47 Å². The Labute approximate surface area is 161 Å². The minimum absolute atomic E-state index is 0.0356. The third-order valence-electron chi connectivity index (χ3n) is 3.97. The van der Waals surface area contributed by atoms with Gasteiger partial charge in [-0.25, -0.2) is 13.4 Å². The van der Waals surface area contributed by atoms with Crippen molar-refractivity contribution in [2.75, 3.05) is 36.9 Å². The van der Waals surface area contributed by atoms with Crippen molar-refractivity contribution in [1.29, 1.82) is 0 Å². The average molecular weight is 394 g/mol. The molecule has 7 nitrogen and oxygen atoms in total. The van der Waals surface area contributed by atoms with E-state index in [-0.39, 0.29) is 10.6 Å². The van der Waals surface area contributed by atoms with Crippen LogP contribution in [0.3, 0.4) is 0 Å². The van der Waals surface area contributed by atoms with Gasteiger partial charge in [0.25, 0.3) is 10.0 Å². The standard InChI is InChI=1S/C19H27N3O4S/c1-5-11-22(12-6-2)19-10-7-15(14-20-19)21-27(23,24)18-9-8-16(25-3)13-17(18)26-4/h7-10,13-14,21H,5-6,11-12H2,1-4H3. The summed E-state index contributed by atoms with van der Waals surface area (Å²) in [5.41, 5.74) is 0.393. The van der Waals surface area contributed by atoms with Crippen LogP contribution < -0.4 is 19.1 Å². The Hall–Kier alpha value is -2.48. The fourth-order valence-electron chi connectivity index (χ4n) is 2.72. The molecule has 1 aromatic heterocycles. The lowest BCUT2D eigenvalue weighted by molar-refractivity contribution is 0.386. The van der Waals surface area contributed by atoms with Crippen molar-refractivity contribution in [1.82, 2.24) is 4.98 Å². The first-order valence-electron chi connectivity index (χ1n) is 8.91. The van der Waals surface area contributed by atoms with E-state index in [9.17, 15) is 8.42 Å². The topological polar surface area (TPSA) is 80.8 Å². The van der Waals surface area contributed by atoms with Crippen LogP contribution in [0, 0.1) is 0 Å². The van der Waals surface area contributed by atoms with E-state index in [0.29, 0.717) is 11.4 Å². The van der Waals surface area contributed by atoms with Crippen LogP contribution in [0.4, 0.5) is 11.5 Å². The van der Waals surface area contributed by atoms with Crippen LogP contribution in [-0.4, -0.2) is 40.7 Å². The molecule has 0 radical (unpaired) electrons. The zero-order chi connectivity index (χ0) is 19.9. The first-order valence-corrected chi connectivity index (χ1v) is 10.4. The van der Waals surface area contributed by atoms with Crippen molar-refractivity contribution >= 4 is 21.5 Å². The van der Waals surface area contributed by atoms with Gasteiger partial charge in [0.05, 0.1) is 26.1 Å². The third-order valence-corrected chi connectivity index (χ3v) is 5.39. The summed E-state index contributed by atoms with van der Waals surface area (Å²) < 4.78 is 38.3. The second kappa shape index (κ2) is 9.45. The summed E-state index contributed by atoms with van der Waals surface area (Å²) in [6.45, 7) is 6.06. The van der Waals surface area contributed by atoms with Crippen LogP contribution in [0.5, 0.6) is 11.5 Å². The molecule has 0 aliphatic heterocycles. The molecule has 0 aliphatic carbocycles. The molecule has 0 bridgehead atoms. The van der Waals surface area contributed by atoms with E-state index < -0.39 is 10.0 Å². The largest absolute Gasteiger partial charge is 0.497 e. The summed E-state index contributed by atoms with van der Waals surface area (Å²) in [7, 11) is -0.893. The number of aromatic nitrogens is 1. The van der Waals surface area contributed by atoms with Crippen LogP contribution >= 0.6 is 0 Å². The van der Waals surface area contributed by atoms with Crippen LogP contribution in [0.25, 0.3) is 0 Å². The van der Waals surface area contributed by atoms with Gasteiger partial charge in [-0.2, -0.15) is 0 Å². The Morgan fingerprint density at radius 1 is 1.04 bits per heavy atom. The zero-order valence-electron chi connectivity index (χ0n) is 16.2. The number of sulfonamides is 1. The highest BCUT2D eigenvalue weighted by Crippen LogP contribution is 2.29. The van der Waals surface area contributed by atoms with Gasteiger partial charge in [0.2, 0.25) is 0 Å². The number of pyridine rings is 1. The minimum Gasteiger partial charge on any atom is -0.497 e. The number of benzene rings is 1. The van der Waals surface area contributed by atoms with Gasteiger partial charge in [-0.1, -0.05) is 13.8 Å². The van der Waals surface area contributed by atoms with Crippen molar-refractivity contribution in [2.45, 2.75) is 31.6 Å². The maximum Gasteiger partial charge on any atom is 0.265 e. The van der Waals surface area contributed by atoms with Gasteiger partial charge < -0.3 is 14.4 Å². The molecule has 0 saturated carbocycles. The number of nitrogens with zero attached hydrogens (tertiary/aromatic N) is 2. The van der Waals surface area contributed by atoms with Crippen LogP contribution in [0.15, 0.2) is 41.4 Å². The third kappa shape index (κ3) is 5.26. The Morgan fingerprint density at radius 2 is 1.74 bits per heavy atom. The highest BCUT2D eigenvalue weighted by molar-refractivity contribution is 7.92. The lowest BCUT2D eigenvalue weighted by Crippen LogP contribution is -2.25. The molecule has 0 amide bonds. The van der Waals surface area contributed by atoms with Crippen molar-refractivity contribution in [3.8, 4) is 11.5 Å². The average Bonchev–Trinajstić information content (AvgIpc) is 2.67. The monoisotopic (exact) mass is 393 g/mol. The lowest BCUT2D eigenvalue weighted by atomic mass is 10.3. The van der Waals surface area contributed by atoms with E-state index in [1.165, 1.54) is 32.5 Å². The van der Waals surface area contributed by atoms with Gasteiger partial charge in [-0.15, -0.1) is 0 Å². The van der Waals surface area contributed by atoms with E-state index in [1.54, 1.807) is 12.1 Å². The molecule has 0 saturated heterocycles. The molecule has 27 heavy (non-hydrogen) atoms. The number of methoxy groups -OCH3 is 2. The molecule has 0 aliphatic rings. The second-order valence-corrected chi connectivity index (χ2v) is 7.67. The molecular weight excluding hydrogens is 366 g/mol. The summed E-state index contributed by atoms with van der Waals surface area (Å²) in [6.07, 6.45) is 3.57. The van der Waals surface area contributed by atoms with Crippen molar-refractivity contribution in [3.05, 3.63) is 36.5 Å². The van der Waals surface area contributed by atoms with Gasteiger partial charge in [0.1, 0.15) is 22.2 Å². The van der Waals surface area contributed by atoms with Gasteiger partial charge in [0.15, 0.2) is 0 Å². The smallest absolute Gasteiger partial charge is 0.265 e.